The van der Waals surface area contributed by atoms with Gasteiger partial charge in [0, 0.05) is 28.1 Å². The highest BCUT2D eigenvalue weighted by atomic mass is 79.9. The number of benzene rings is 2. The predicted molar refractivity (Wildman–Crippen MR) is 123 cm³/mol. The van der Waals surface area contributed by atoms with Crippen LogP contribution in [0.3, 0.4) is 0 Å². The zero-order chi connectivity index (χ0) is 21.8. The number of nitrogens with one attached hydrogen (secondary N) is 1. The van der Waals surface area contributed by atoms with Gasteiger partial charge in [0.05, 0.1) is 11.4 Å². The van der Waals surface area contributed by atoms with E-state index in [0.29, 0.717) is 22.4 Å². The van der Waals surface area contributed by atoms with Crippen LogP contribution in [0.5, 0.6) is 0 Å². The third-order valence-corrected chi connectivity index (χ3v) is 5.97. The molecule has 6 nitrogen and oxygen atoms in total. The molecule has 0 aliphatic heterocycles. The molecule has 2 aromatic carbocycles. The monoisotopic (exact) mass is 497 g/mol. The topological polar surface area (TPSA) is 72.7 Å². The van der Waals surface area contributed by atoms with Gasteiger partial charge in [0.1, 0.15) is 5.82 Å². The summed E-state index contributed by atoms with van der Waals surface area (Å²) in [7, 11) is 0. The second-order valence-electron chi connectivity index (χ2n) is 6.67. The van der Waals surface area contributed by atoms with Crippen molar-refractivity contribution in [3.8, 4) is 17.1 Å². The summed E-state index contributed by atoms with van der Waals surface area (Å²) in [6, 6.07) is 15.4. The number of aromatic nitrogens is 4. The van der Waals surface area contributed by atoms with Gasteiger partial charge in [-0.25, -0.2) is 4.39 Å². The second kappa shape index (κ2) is 9.40. The Bertz CT molecular complexity index is 1210. The van der Waals surface area contributed by atoms with Gasteiger partial charge in [0.25, 0.3) is 0 Å². The summed E-state index contributed by atoms with van der Waals surface area (Å²) in [5.41, 5.74) is 3.30. The number of hydrogen-bond acceptors (Lipinski definition) is 5. The largest absolute Gasteiger partial charge is 0.324 e. The first-order chi connectivity index (χ1) is 15.0. The normalized spacial score (nSPS) is 10.8. The molecule has 0 fully saturated rings. The predicted octanol–water partition coefficient (Wildman–Crippen LogP) is 5.27. The number of halogens is 2. The minimum atomic E-state index is -0.334. The van der Waals surface area contributed by atoms with E-state index in [9.17, 15) is 9.18 Å². The highest BCUT2D eigenvalue weighted by Crippen LogP contribution is 2.28. The van der Waals surface area contributed by atoms with Gasteiger partial charge in [-0.2, -0.15) is 0 Å². The number of thioether (sulfide) groups is 1. The molecule has 156 valence electrons. The number of rotatable bonds is 6. The van der Waals surface area contributed by atoms with Crippen LogP contribution in [-0.2, 0) is 4.79 Å². The van der Waals surface area contributed by atoms with E-state index in [1.807, 2.05) is 37.3 Å². The Balaban J connectivity index is 1.58. The van der Waals surface area contributed by atoms with E-state index >= 15 is 0 Å². The van der Waals surface area contributed by atoms with Crippen LogP contribution in [0.1, 0.15) is 5.56 Å². The van der Waals surface area contributed by atoms with E-state index in [0.717, 1.165) is 15.6 Å². The molecule has 0 radical (unpaired) electrons. The zero-order valence-electron chi connectivity index (χ0n) is 16.4. The van der Waals surface area contributed by atoms with Crippen LogP contribution in [-0.4, -0.2) is 31.4 Å². The maximum atomic E-state index is 13.5. The van der Waals surface area contributed by atoms with Crippen LogP contribution in [0.25, 0.3) is 17.1 Å². The third kappa shape index (κ3) is 5.00. The second-order valence-corrected chi connectivity index (χ2v) is 8.47. The first kappa shape index (κ1) is 21.2. The van der Waals surface area contributed by atoms with Crippen LogP contribution in [0.15, 0.2) is 76.6 Å². The molecule has 31 heavy (non-hydrogen) atoms. The summed E-state index contributed by atoms with van der Waals surface area (Å²) in [5, 5.41) is 12.0. The average Bonchev–Trinajstić information content (AvgIpc) is 3.19. The zero-order valence-corrected chi connectivity index (χ0v) is 18.8. The molecule has 9 heteroatoms. The number of anilines is 1. The number of hydrogen-bond donors (Lipinski definition) is 1. The SMILES string of the molecule is Cc1ccc(NC(=O)CSc2nnc(-c3ccncc3)n2-c2ccc(F)cc2)c(Br)c1. The Morgan fingerprint density at radius 1 is 1.10 bits per heavy atom. The van der Waals surface area contributed by atoms with Crippen LogP contribution < -0.4 is 5.32 Å². The quantitative estimate of drug-likeness (QED) is 0.367. The molecule has 0 unspecified atom stereocenters. The Morgan fingerprint density at radius 2 is 1.84 bits per heavy atom. The molecule has 0 aliphatic carbocycles. The fraction of sp³-hybridized carbons (Fsp3) is 0.0909. The molecule has 1 N–H and O–H groups in total. The molecule has 4 rings (SSSR count). The minimum Gasteiger partial charge on any atom is -0.324 e. The van der Waals surface area contributed by atoms with Gasteiger partial charge < -0.3 is 5.32 Å². The standard InChI is InChI=1S/C22H17BrFN5OS/c1-14-2-7-19(18(23)12-14)26-20(30)13-31-22-28-27-21(15-8-10-25-11-9-15)29(22)17-5-3-16(24)4-6-17/h2-12H,13H2,1H3,(H,26,30). The van der Waals surface area contributed by atoms with Gasteiger partial charge in [0.15, 0.2) is 11.0 Å². The third-order valence-electron chi connectivity index (χ3n) is 4.39. The molecule has 0 saturated carbocycles. The van der Waals surface area contributed by atoms with Crippen LogP contribution in [0, 0.1) is 12.7 Å². The van der Waals surface area contributed by atoms with Crippen LogP contribution >= 0.6 is 27.7 Å². The molecule has 0 bridgehead atoms. The van der Waals surface area contributed by atoms with E-state index in [4.69, 9.17) is 0 Å². The lowest BCUT2D eigenvalue weighted by atomic mass is 10.2. The van der Waals surface area contributed by atoms with Crippen molar-refractivity contribution in [3.63, 3.8) is 0 Å². The number of pyridine rings is 1. The Labute approximate surface area is 191 Å². The molecular weight excluding hydrogens is 481 g/mol. The van der Waals surface area contributed by atoms with Crippen molar-refractivity contribution in [3.05, 3.63) is 82.8 Å². The van der Waals surface area contributed by atoms with Crippen molar-refractivity contribution < 1.29 is 9.18 Å². The fourth-order valence-electron chi connectivity index (χ4n) is 2.91. The minimum absolute atomic E-state index is 0.135. The number of amides is 1. The molecule has 0 atom stereocenters. The molecule has 2 aromatic heterocycles. The van der Waals surface area contributed by atoms with Crippen LogP contribution in [0.4, 0.5) is 10.1 Å². The van der Waals surface area contributed by atoms with E-state index in [1.165, 1.54) is 23.9 Å². The van der Waals surface area contributed by atoms with E-state index in [2.05, 4.69) is 36.4 Å². The van der Waals surface area contributed by atoms with Crippen molar-refractivity contribution in [2.75, 3.05) is 11.1 Å². The highest BCUT2D eigenvalue weighted by molar-refractivity contribution is 9.10. The Hall–Kier alpha value is -3.04. The van der Waals surface area contributed by atoms with Gasteiger partial charge in [-0.05, 0) is 76.9 Å². The summed E-state index contributed by atoms with van der Waals surface area (Å²) < 4.78 is 16.1. The number of carbonyl (C=O) groups is 1. The Morgan fingerprint density at radius 3 is 2.55 bits per heavy atom. The van der Waals surface area contributed by atoms with Crippen molar-refractivity contribution in [2.45, 2.75) is 12.1 Å². The van der Waals surface area contributed by atoms with Crippen molar-refractivity contribution in [2.24, 2.45) is 0 Å². The van der Waals surface area contributed by atoms with Gasteiger partial charge >= 0.3 is 0 Å². The Kier molecular flexibility index (Phi) is 6.43. The van der Waals surface area contributed by atoms with Gasteiger partial charge in [0.2, 0.25) is 5.91 Å². The van der Waals surface area contributed by atoms with Crippen LogP contribution in [0.2, 0.25) is 0 Å². The van der Waals surface area contributed by atoms with Gasteiger partial charge in [-0.1, -0.05) is 17.8 Å². The highest BCUT2D eigenvalue weighted by Gasteiger charge is 2.17. The number of aryl methyl sites for hydroxylation is 1. The maximum absolute atomic E-state index is 13.5. The molecule has 1 amide bonds. The molecule has 2 heterocycles. The molecule has 0 aliphatic rings. The molecule has 0 spiro atoms. The van der Waals surface area contributed by atoms with E-state index < -0.39 is 0 Å². The maximum Gasteiger partial charge on any atom is 0.234 e. The lowest BCUT2D eigenvalue weighted by Gasteiger charge is -2.11. The van der Waals surface area contributed by atoms with E-state index in [-0.39, 0.29) is 17.5 Å². The lowest BCUT2D eigenvalue weighted by molar-refractivity contribution is -0.113. The first-order valence-corrected chi connectivity index (χ1v) is 11.1. The summed E-state index contributed by atoms with van der Waals surface area (Å²) in [6.45, 7) is 1.98. The van der Waals surface area contributed by atoms with Crippen molar-refractivity contribution >= 4 is 39.3 Å². The average molecular weight is 498 g/mol. The van der Waals surface area contributed by atoms with Gasteiger partial charge in [-0.15, -0.1) is 10.2 Å². The van der Waals surface area contributed by atoms with Crippen molar-refractivity contribution in [1.29, 1.82) is 0 Å². The van der Waals surface area contributed by atoms with Gasteiger partial charge in [-0.3, -0.25) is 14.3 Å². The summed E-state index contributed by atoms with van der Waals surface area (Å²) in [4.78, 5) is 16.6. The number of carbonyl (C=O) groups excluding carboxylic acids is 1. The number of nitrogens with zero attached hydrogens (tertiary/aromatic N) is 4. The van der Waals surface area contributed by atoms with Crippen molar-refractivity contribution in [1.82, 2.24) is 19.7 Å². The smallest absolute Gasteiger partial charge is 0.234 e. The first-order valence-electron chi connectivity index (χ1n) is 9.32. The van der Waals surface area contributed by atoms with E-state index in [1.54, 1.807) is 29.1 Å². The summed E-state index contributed by atoms with van der Waals surface area (Å²) >= 11 is 4.72. The molecule has 4 aromatic rings. The lowest BCUT2D eigenvalue weighted by Crippen LogP contribution is -2.15. The molecule has 0 saturated heterocycles. The summed E-state index contributed by atoms with van der Waals surface area (Å²) in [5.74, 6) is 0.210. The summed E-state index contributed by atoms with van der Waals surface area (Å²) in [6.07, 6.45) is 3.33. The fourth-order valence-corrected chi connectivity index (χ4v) is 4.26. The molecular formula is C22H17BrFN5OS.